The van der Waals surface area contributed by atoms with Gasteiger partial charge >= 0.3 is 0 Å². The van der Waals surface area contributed by atoms with E-state index in [1.165, 1.54) is 30.3 Å². The van der Waals surface area contributed by atoms with E-state index in [1.807, 2.05) is 0 Å². The van der Waals surface area contributed by atoms with Crippen molar-refractivity contribution in [3.8, 4) is 11.6 Å². The summed E-state index contributed by atoms with van der Waals surface area (Å²) in [5, 5.41) is 11.0. The maximum Gasteiger partial charge on any atom is 0.269 e. The van der Waals surface area contributed by atoms with E-state index in [9.17, 15) is 10.1 Å². The normalized spacial score (nSPS) is 10.3. The number of nitro benzene ring substituents is 1. The fraction of sp³-hybridized carbons (Fsp3) is 0. The summed E-state index contributed by atoms with van der Waals surface area (Å²) in [4.78, 5) is 13.9. The first-order valence-electron chi connectivity index (χ1n) is 4.91. The SMILES string of the molecule is O=[N+]([O-])c1ccc(Oc2nc(Cl)c(Cl)cc2Cl)cc1. The third-order valence-corrected chi connectivity index (χ3v) is 3.06. The van der Waals surface area contributed by atoms with Crippen LogP contribution in [0.1, 0.15) is 0 Å². The molecular weight excluding hydrogens is 314 g/mol. The van der Waals surface area contributed by atoms with Crippen LogP contribution in [0.5, 0.6) is 11.6 Å². The van der Waals surface area contributed by atoms with Crippen molar-refractivity contribution in [1.82, 2.24) is 4.98 Å². The molecule has 0 saturated carbocycles. The fourth-order valence-corrected chi connectivity index (χ4v) is 1.78. The van der Waals surface area contributed by atoms with E-state index in [4.69, 9.17) is 39.5 Å². The molecule has 0 radical (unpaired) electrons. The van der Waals surface area contributed by atoms with Crippen molar-refractivity contribution in [2.75, 3.05) is 0 Å². The van der Waals surface area contributed by atoms with Gasteiger partial charge in [-0.2, -0.15) is 4.98 Å². The van der Waals surface area contributed by atoms with Gasteiger partial charge in [0.2, 0.25) is 5.88 Å². The first-order chi connectivity index (χ1) is 8.97. The van der Waals surface area contributed by atoms with Crippen LogP contribution >= 0.6 is 34.8 Å². The van der Waals surface area contributed by atoms with Crippen LogP contribution in [-0.2, 0) is 0 Å². The molecule has 0 fully saturated rings. The summed E-state index contributed by atoms with van der Waals surface area (Å²) < 4.78 is 5.37. The van der Waals surface area contributed by atoms with Gasteiger partial charge in [-0.1, -0.05) is 34.8 Å². The van der Waals surface area contributed by atoms with Gasteiger partial charge in [0.25, 0.3) is 5.69 Å². The van der Waals surface area contributed by atoms with Crippen LogP contribution in [0.4, 0.5) is 5.69 Å². The van der Waals surface area contributed by atoms with Gasteiger partial charge in [-0.15, -0.1) is 0 Å². The van der Waals surface area contributed by atoms with Crippen LogP contribution in [0.2, 0.25) is 15.2 Å². The predicted molar refractivity (Wildman–Crippen MR) is 72.4 cm³/mol. The molecular formula is C11H5Cl3N2O3. The van der Waals surface area contributed by atoms with E-state index >= 15 is 0 Å². The number of hydrogen-bond acceptors (Lipinski definition) is 4. The summed E-state index contributed by atoms with van der Waals surface area (Å²) in [6, 6.07) is 6.87. The predicted octanol–water partition coefficient (Wildman–Crippen LogP) is 4.74. The highest BCUT2D eigenvalue weighted by atomic mass is 35.5. The van der Waals surface area contributed by atoms with Crippen molar-refractivity contribution in [3.63, 3.8) is 0 Å². The number of ether oxygens (including phenoxy) is 1. The average Bonchev–Trinajstić information content (AvgIpc) is 2.36. The molecule has 19 heavy (non-hydrogen) atoms. The van der Waals surface area contributed by atoms with E-state index in [0.717, 1.165) is 0 Å². The summed E-state index contributed by atoms with van der Waals surface area (Å²) in [5.74, 6) is 0.420. The van der Waals surface area contributed by atoms with E-state index in [-0.39, 0.29) is 26.8 Å². The lowest BCUT2D eigenvalue weighted by atomic mass is 10.3. The molecule has 2 rings (SSSR count). The molecule has 1 aromatic carbocycles. The van der Waals surface area contributed by atoms with Gasteiger partial charge in [0.15, 0.2) is 5.15 Å². The zero-order valence-electron chi connectivity index (χ0n) is 9.14. The maximum absolute atomic E-state index is 10.5. The molecule has 0 N–H and O–H groups in total. The lowest BCUT2D eigenvalue weighted by Crippen LogP contribution is -1.91. The smallest absolute Gasteiger partial charge is 0.269 e. The summed E-state index contributed by atoms with van der Waals surface area (Å²) in [7, 11) is 0. The van der Waals surface area contributed by atoms with Crippen molar-refractivity contribution in [3.05, 3.63) is 55.6 Å². The third-order valence-electron chi connectivity index (χ3n) is 2.12. The Labute approximate surface area is 122 Å². The second-order valence-corrected chi connectivity index (χ2v) is 4.57. The number of benzene rings is 1. The molecule has 8 heteroatoms. The Kier molecular flexibility index (Phi) is 4.09. The molecule has 0 unspecified atom stereocenters. The zero-order chi connectivity index (χ0) is 14.0. The molecule has 0 aliphatic carbocycles. The van der Waals surface area contributed by atoms with Crippen LogP contribution in [0.3, 0.4) is 0 Å². The molecule has 0 saturated heterocycles. The Balaban J connectivity index is 2.26. The van der Waals surface area contributed by atoms with Crippen molar-refractivity contribution < 1.29 is 9.66 Å². The first-order valence-corrected chi connectivity index (χ1v) is 6.04. The number of nitro groups is 1. The lowest BCUT2D eigenvalue weighted by Gasteiger charge is -2.07. The number of nitrogens with zero attached hydrogens (tertiary/aromatic N) is 2. The largest absolute Gasteiger partial charge is 0.437 e. The minimum atomic E-state index is -0.506. The van der Waals surface area contributed by atoms with Gasteiger partial charge in [-0.3, -0.25) is 10.1 Å². The number of aromatic nitrogens is 1. The maximum atomic E-state index is 10.5. The molecule has 0 amide bonds. The number of hydrogen-bond donors (Lipinski definition) is 0. The molecule has 0 aliphatic heterocycles. The highest BCUT2D eigenvalue weighted by Crippen LogP contribution is 2.33. The Morgan fingerprint density at radius 2 is 1.74 bits per heavy atom. The highest BCUT2D eigenvalue weighted by Gasteiger charge is 2.11. The molecule has 1 heterocycles. The quantitative estimate of drug-likeness (QED) is 0.465. The molecule has 0 aliphatic rings. The van der Waals surface area contributed by atoms with Gasteiger partial charge in [-0.05, 0) is 18.2 Å². The number of non-ortho nitro benzene ring substituents is 1. The van der Waals surface area contributed by atoms with Crippen LogP contribution in [-0.4, -0.2) is 9.91 Å². The Bertz CT molecular complexity index is 632. The van der Waals surface area contributed by atoms with Gasteiger partial charge in [0.05, 0.1) is 9.95 Å². The Hall–Kier alpha value is -1.56. The molecule has 2 aromatic rings. The van der Waals surface area contributed by atoms with Crippen molar-refractivity contribution in [2.45, 2.75) is 0 Å². The topological polar surface area (TPSA) is 65.3 Å². The molecule has 0 spiro atoms. The number of rotatable bonds is 3. The van der Waals surface area contributed by atoms with Crippen molar-refractivity contribution >= 4 is 40.5 Å². The molecule has 98 valence electrons. The monoisotopic (exact) mass is 318 g/mol. The zero-order valence-corrected chi connectivity index (χ0v) is 11.4. The summed E-state index contributed by atoms with van der Waals surface area (Å²) in [6.45, 7) is 0. The second-order valence-electron chi connectivity index (χ2n) is 3.40. The van der Waals surface area contributed by atoms with Crippen LogP contribution in [0, 0.1) is 10.1 Å². The molecule has 5 nitrogen and oxygen atoms in total. The molecule has 1 aromatic heterocycles. The average molecular weight is 320 g/mol. The summed E-state index contributed by atoms with van der Waals surface area (Å²) >= 11 is 17.4. The Morgan fingerprint density at radius 1 is 1.11 bits per heavy atom. The van der Waals surface area contributed by atoms with E-state index in [2.05, 4.69) is 4.98 Å². The summed E-state index contributed by atoms with van der Waals surface area (Å²) in [6.07, 6.45) is 0. The Morgan fingerprint density at radius 3 is 2.32 bits per heavy atom. The van der Waals surface area contributed by atoms with E-state index in [0.29, 0.717) is 5.75 Å². The van der Waals surface area contributed by atoms with Crippen molar-refractivity contribution in [1.29, 1.82) is 0 Å². The fourth-order valence-electron chi connectivity index (χ4n) is 1.25. The van der Waals surface area contributed by atoms with Crippen LogP contribution in [0.15, 0.2) is 30.3 Å². The first kappa shape index (κ1) is 13.9. The van der Waals surface area contributed by atoms with Gasteiger partial charge < -0.3 is 4.74 Å². The van der Waals surface area contributed by atoms with Gasteiger partial charge in [0.1, 0.15) is 10.8 Å². The lowest BCUT2D eigenvalue weighted by molar-refractivity contribution is -0.384. The number of pyridine rings is 1. The van der Waals surface area contributed by atoms with Gasteiger partial charge in [-0.25, -0.2) is 0 Å². The summed E-state index contributed by atoms with van der Waals surface area (Å²) in [5.41, 5.74) is -0.0412. The molecule has 0 atom stereocenters. The third kappa shape index (κ3) is 3.26. The second kappa shape index (κ2) is 5.61. The van der Waals surface area contributed by atoms with Crippen molar-refractivity contribution in [2.24, 2.45) is 0 Å². The van der Waals surface area contributed by atoms with Gasteiger partial charge in [0, 0.05) is 12.1 Å². The number of halogens is 3. The standard InChI is InChI=1S/C11H5Cl3N2O3/c12-8-5-9(13)11(15-10(8)14)19-7-3-1-6(2-4-7)16(17)18/h1-5H. The molecule has 0 bridgehead atoms. The van der Waals surface area contributed by atoms with E-state index in [1.54, 1.807) is 0 Å². The van der Waals surface area contributed by atoms with Crippen LogP contribution in [0.25, 0.3) is 0 Å². The van der Waals surface area contributed by atoms with Crippen LogP contribution < -0.4 is 4.74 Å². The highest BCUT2D eigenvalue weighted by molar-refractivity contribution is 6.42. The minimum absolute atomic E-state index is 0.0412. The minimum Gasteiger partial charge on any atom is -0.437 e. The van der Waals surface area contributed by atoms with E-state index < -0.39 is 4.92 Å².